The summed E-state index contributed by atoms with van der Waals surface area (Å²) in [5.41, 5.74) is -2.18. The molecule has 2 amide bonds. The highest BCUT2D eigenvalue weighted by molar-refractivity contribution is 7.08. The molecule has 4 rings (SSSR count). The van der Waals surface area contributed by atoms with Crippen LogP contribution in [0, 0.1) is 12.7 Å². The summed E-state index contributed by atoms with van der Waals surface area (Å²) >= 11 is 12.8. The number of carbonyl (C=O) groups excluding carboxylic acids is 2. The predicted octanol–water partition coefficient (Wildman–Crippen LogP) is 7.28. The lowest BCUT2D eigenvalue weighted by molar-refractivity contribution is -0.275. The molecule has 1 aromatic heterocycles. The standard InChI is InChI=1S/C24H16Cl2F4N2O3S/c1-12-7-14(3-4-17(12)22(34)32(13(2)33)16-5-6-36-11-16)20-10-23(35-31-20,24(28,29)30)15-8-18(25)21(27)19(26)9-15/h3-9,11H,10H2,1-2H3. The maximum Gasteiger partial charge on any atom is 0.435 e. The number of halogens is 6. The second kappa shape index (κ2) is 9.49. The second-order valence-electron chi connectivity index (χ2n) is 8.06. The number of imide groups is 1. The number of alkyl halides is 3. The molecular weight excluding hydrogens is 543 g/mol. The smallest absolute Gasteiger partial charge is 0.374 e. The Bertz CT molecular complexity index is 1370. The zero-order valence-electron chi connectivity index (χ0n) is 18.6. The third-order valence-corrected chi connectivity index (χ3v) is 6.93. The van der Waals surface area contributed by atoms with Crippen molar-refractivity contribution in [1.29, 1.82) is 0 Å². The Morgan fingerprint density at radius 2 is 1.81 bits per heavy atom. The summed E-state index contributed by atoms with van der Waals surface area (Å²) < 4.78 is 56.6. The minimum atomic E-state index is -4.95. The first-order valence-corrected chi connectivity index (χ1v) is 12.0. The number of benzene rings is 2. The lowest BCUT2D eigenvalue weighted by Gasteiger charge is -2.29. The van der Waals surface area contributed by atoms with Crippen molar-refractivity contribution in [2.75, 3.05) is 4.90 Å². The maximum atomic E-state index is 14.2. The van der Waals surface area contributed by atoms with Gasteiger partial charge in [-0.2, -0.15) is 24.5 Å². The van der Waals surface area contributed by atoms with Crippen molar-refractivity contribution in [3.05, 3.63) is 85.3 Å². The second-order valence-corrected chi connectivity index (χ2v) is 9.65. The molecule has 0 bridgehead atoms. The van der Waals surface area contributed by atoms with Crippen molar-refractivity contribution in [2.24, 2.45) is 5.16 Å². The topological polar surface area (TPSA) is 59.0 Å². The average molecular weight is 559 g/mol. The van der Waals surface area contributed by atoms with Crippen LogP contribution >= 0.6 is 34.5 Å². The summed E-state index contributed by atoms with van der Waals surface area (Å²) in [4.78, 5) is 31.2. The molecule has 0 saturated heterocycles. The number of thiophene rings is 1. The van der Waals surface area contributed by atoms with Gasteiger partial charge in [-0.25, -0.2) is 9.29 Å². The number of aryl methyl sites for hydroxylation is 1. The van der Waals surface area contributed by atoms with Gasteiger partial charge in [-0.3, -0.25) is 9.59 Å². The van der Waals surface area contributed by atoms with Crippen molar-refractivity contribution in [2.45, 2.75) is 32.0 Å². The molecule has 2 heterocycles. The zero-order chi connectivity index (χ0) is 26.4. The van der Waals surface area contributed by atoms with Gasteiger partial charge in [-0.05, 0) is 53.8 Å². The molecule has 5 nitrogen and oxygen atoms in total. The van der Waals surface area contributed by atoms with Gasteiger partial charge < -0.3 is 4.84 Å². The zero-order valence-corrected chi connectivity index (χ0v) is 20.9. The molecule has 1 aliphatic heterocycles. The van der Waals surface area contributed by atoms with Crippen LogP contribution in [0.5, 0.6) is 0 Å². The van der Waals surface area contributed by atoms with E-state index in [1.807, 2.05) is 0 Å². The van der Waals surface area contributed by atoms with Crippen LogP contribution in [0.15, 0.2) is 52.3 Å². The SMILES string of the molecule is CC(=O)N(C(=O)c1ccc(C2=NOC(c3cc(Cl)c(F)c(Cl)c3)(C(F)(F)F)C2)cc1C)c1ccsc1. The van der Waals surface area contributed by atoms with Crippen LogP contribution in [0.2, 0.25) is 10.0 Å². The Hall–Kier alpha value is -2.95. The first kappa shape index (κ1) is 26.1. The molecule has 1 aliphatic rings. The van der Waals surface area contributed by atoms with E-state index in [1.165, 1.54) is 36.5 Å². The number of anilines is 1. The van der Waals surface area contributed by atoms with Gasteiger partial charge >= 0.3 is 6.18 Å². The van der Waals surface area contributed by atoms with E-state index in [0.29, 0.717) is 11.3 Å². The summed E-state index contributed by atoms with van der Waals surface area (Å²) in [5, 5.41) is 5.88. The van der Waals surface area contributed by atoms with Crippen LogP contribution in [0.25, 0.3) is 0 Å². The Kier molecular flexibility index (Phi) is 6.89. The monoisotopic (exact) mass is 558 g/mol. The Morgan fingerprint density at radius 3 is 2.33 bits per heavy atom. The minimum absolute atomic E-state index is 0.0488. The van der Waals surface area contributed by atoms with Gasteiger partial charge in [0.05, 0.1) is 21.4 Å². The van der Waals surface area contributed by atoms with Gasteiger partial charge in [0, 0.05) is 29.9 Å². The van der Waals surface area contributed by atoms with E-state index in [-0.39, 0.29) is 16.8 Å². The van der Waals surface area contributed by atoms with E-state index in [1.54, 1.807) is 23.8 Å². The van der Waals surface area contributed by atoms with E-state index < -0.39 is 51.4 Å². The highest BCUT2D eigenvalue weighted by Gasteiger charge is 2.62. The molecule has 36 heavy (non-hydrogen) atoms. The molecule has 12 heteroatoms. The van der Waals surface area contributed by atoms with E-state index in [4.69, 9.17) is 28.0 Å². The van der Waals surface area contributed by atoms with E-state index in [9.17, 15) is 27.2 Å². The quantitative estimate of drug-likeness (QED) is 0.250. The number of oxime groups is 1. The summed E-state index contributed by atoms with van der Waals surface area (Å²) in [6.07, 6.45) is -5.69. The van der Waals surface area contributed by atoms with Crippen molar-refractivity contribution < 1.29 is 32.0 Å². The molecule has 0 fully saturated rings. The third kappa shape index (κ3) is 4.49. The number of hydrogen-bond acceptors (Lipinski definition) is 5. The summed E-state index contributed by atoms with van der Waals surface area (Å²) in [6, 6.07) is 7.56. The average Bonchev–Trinajstić information content (AvgIpc) is 3.47. The normalized spacial score (nSPS) is 17.5. The molecular formula is C24H16Cl2F4N2O3S. The largest absolute Gasteiger partial charge is 0.435 e. The van der Waals surface area contributed by atoms with Crippen molar-refractivity contribution in [3.63, 3.8) is 0 Å². The maximum absolute atomic E-state index is 14.2. The molecule has 1 unspecified atom stereocenters. The van der Waals surface area contributed by atoms with E-state index in [2.05, 4.69) is 5.16 Å². The Morgan fingerprint density at radius 1 is 1.14 bits per heavy atom. The molecule has 2 aromatic carbocycles. The van der Waals surface area contributed by atoms with E-state index >= 15 is 0 Å². The van der Waals surface area contributed by atoms with Crippen LogP contribution in [0.3, 0.4) is 0 Å². The van der Waals surface area contributed by atoms with Gasteiger partial charge in [0.25, 0.3) is 11.5 Å². The lowest BCUT2D eigenvalue weighted by atomic mass is 9.86. The Balaban J connectivity index is 1.67. The fraction of sp³-hybridized carbons (Fsp3) is 0.208. The molecule has 188 valence electrons. The van der Waals surface area contributed by atoms with Crippen LogP contribution in [-0.2, 0) is 15.2 Å². The van der Waals surface area contributed by atoms with Crippen LogP contribution in [0.1, 0.15) is 40.4 Å². The highest BCUT2D eigenvalue weighted by Crippen LogP contribution is 2.50. The van der Waals surface area contributed by atoms with E-state index in [0.717, 1.165) is 17.0 Å². The van der Waals surface area contributed by atoms with Crippen LogP contribution in [0.4, 0.5) is 23.2 Å². The molecule has 0 spiro atoms. The van der Waals surface area contributed by atoms with Crippen molar-refractivity contribution in [1.82, 2.24) is 0 Å². The number of carbonyl (C=O) groups is 2. The molecule has 3 aromatic rings. The lowest BCUT2D eigenvalue weighted by Crippen LogP contribution is -2.42. The molecule has 0 radical (unpaired) electrons. The predicted molar refractivity (Wildman–Crippen MR) is 129 cm³/mol. The molecule has 0 N–H and O–H groups in total. The van der Waals surface area contributed by atoms with Gasteiger partial charge in [-0.15, -0.1) is 0 Å². The summed E-state index contributed by atoms with van der Waals surface area (Å²) in [7, 11) is 0. The van der Waals surface area contributed by atoms with Gasteiger partial charge in [0.2, 0.25) is 5.91 Å². The fourth-order valence-corrected chi connectivity index (χ4v) is 4.98. The highest BCUT2D eigenvalue weighted by atomic mass is 35.5. The third-order valence-electron chi connectivity index (χ3n) is 5.71. The van der Waals surface area contributed by atoms with Crippen LogP contribution < -0.4 is 4.90 Å². The fourth-order valence-electron chi connectivity index (χ4n) is 3.88. The molecule has 1 atom stereocenters. The minimum Gasteiger partial charge on any atom is -0.374 e. The van der Waals surface area contributed by atoms with Crippen molar-refractivity contribution >= 4 is 57.8 Å². The summed E-state index contributed by atoms with van der Waals surface area (Å²) in [5.74, 6) is -2.10. The Labute approximate surface area is 216 Å². The number of amides is 2. The number of nitrogens with zero attached hydrogens (tertiary/aromatic N) is 2. The van der Waals surface area contributed by atoms with Gasteiger partial charge in [0.1, 0.15) is 0 Å². The van der Waals surface area contributed by atoms with Crippen molar-refractivity contribution in [3.8, 4) is 0 Å². The first-order chi connectivity index (χ1) is 16.9. The molecule has 0 aliphatic carbocycles. The first-order valence-electron chi connectivity index (χ1n) is 10.3. The molecule has 0 saturated carbocycles. The number of rotatable bonds is 4. The van der Waals surface area contributed by atoms with Crippen LogP contribution in [-0.4, -0.2) is 23.7 Å². The van der Waals surface area contributed by atoms with Gasteiger partial charge in [-0.1, -0.05) is 34.4 Å². The number of hydrogen-bond donors (Lipinski definition) is 0. The summed E-state index contributed by atoms with van der Waals surface area (Å²) in [6.45, 7) is 2.85. The van der Waals surface area contributed by atoms with Gasteiger partial charge in [0.15, 0.2) is 5.82 Å².